The van der Waals surface area contributed by atoms with E-state index in [-0.39, 0.29) is 11.7 Å². The van der Waals surface area contributed by atoms with E-state index in [0.29, 0.717) is 5.56 Å². The van der Waals surface area contributed by atoms with Crippen molar-refractivity contribution < 1.29 is 9.90 Å². The van der Waals surface area contributed by atoms with Gasteiger partial charge in [0.2, 0.25) is 0 Å². The van der Waals surface area contributed by atoms with Crippen molar-refractivity contribution in [3.63, 3.8) is 0 Å². The van der Waals surface area contributed by atoms with Crippen LogP contribution in [0, 0.1) is 0 Å². The van der Waals surface area contributed by atoms with Gasteiger partial charge < -0.3 is 5.11 Å². The Balaban J connectivity index is 1.77. The molecule has 0 heterocycles. The normalized spacial score (nSPS) is 10.9. The van der Waals surface area contributed by atoms with Crippen LogP contribution in [0.4, 0.5) is 0 Å². The first kappa shape index (κ1) is 13.8. The molecule has 1 amide bonds. The fraction of sp³-hybridized carbons (Fsp3) is 0. The number of nitrogens with one attached hydrogen (secondary N) is 1. The van der Waals surface area contributed by atoms with E-state index in [1.165, 1.54) is 6.21 Å². The van der Waals surface area contributed by atoms with Crippen LogP contribution in [0.15, 0.2) is 71.8 Å². The largest absolute Gasteiger partial charge is 0.508 e. The number of phenols is 1. The van der Waals surface area contributed by atoms with E-state index >= 15 is 0 Å². The summed E-state index contributed by atoms with van der Waals surface area (Å²) in [6, 6.07) is 19.8. The number of aromatic hydroxyl groups is 1. The van der Waals surface area contributed by atoms with E-state index in [1.807, 2.05) is 36.4 Å². The number of benzene rings is 3. The predicted molar refractivity (Wildman–Crippen MR) is 87.1 cm³/mol. The summed E-state index contributed by atoms with van der Waals surface area (Å²) >= 11 is 0. The first-order chi connectivity index (χ1) is 10.7. The molecule has 4 heteroatoms. The van der Waals surface area contributed by atoms with Crippen molar-refractivity contribution in [2.45, 2.75) is 0 Å². The molecule has 22 heavy (non-hydrogen) atoms. The van der Waals surface area contributed by atoms with Gasteiger partial charge in [-0.05, 0) is 46.7 Å². The van der Waals surface area contributed by atoms with Crippen molar-refractivity contribution in [1.29, 1.82) is 0 Å². The van der Waals surface area contributed by atoms with Gasteiger partial charge in [0.05, 0.1) is 6.21 Å². The van der Waals surface area contributed by atoms with E-state index < -0.39 is 0 Å². The van der Waals surface area contributed by atoms with Crippen molar-refractivity contribution in [1.82, 2.24) is 5.43 Å². The first-order valence-electron chi connectivity index (χ1n) is 6.84. The molecule has 0 radical (unpaired) electrons. The number of phenolic OH excluding ortho intramolecular Hbond substituents is 1. The molecule has 4 nitrogen and oxygen atoms in total. The van der Waals surface area contributed by atoms with Gasteiger partial charge in [0, 0.05) is 5.56 Å². The number of hydrogen-bond donors (Lipinski definition) is 2. The third-order valence-electron chi connectivity index (χ3n) is 3.31. The Morgan fingerprint density at radius 1 is 0.955 bits per heavy atom. The van der Waals surface area contributed by atoms with Crippen LogP contribution in [0.2, 0.25) is 0 Å². The van der Waals surface area contributed by atoms with E-state index in [0.717, 1.165) is 16.3 Å². The average Bonchev–Trinajstić information content (AvgIpc) is 2.56. The van der Waals surface area contributed by atoms with Crippen LogP contribution >= 0.6 is 0 Å². The molecule has 0 saturated heterocycles. The second kappa shape index (κ2) is 6.10. The number of hydrogen-bond acceptors (Lipinski definition) is 3. The Kier molecular flexibility index (Phi) is 3.83. The number of rotatable bonds is 3. The average molecular weight is 290 g/mol. The SMILES string of the molecule is O=C(N/N=C/c1ccc(O)cc1)c1cccc2ccccc12. The van der Waals surface area contributed by atoms with Crippen LogP contribution in [0.1, 0.15) is 15.9 Å². The van der Waals surface area contributed by atoms with Crippen molar-refractivity contribution in [3.8, 4) is 5.75 Å². The van der Waals surface area contributed by atoms with Gasteiger partial charge in [-0.3, -0.25) is 4.79 Å². The summed E-state index contributed by atoms with van der Waals surface area (Å²) in [4.78, 5) is 12.2. The van der Waals surface area contributed by atoms with Crippen molar-refractivity contribution in [2.75, 3.05) is 0 Å². The topological polar surface area (TPSA) is 61.7 Å². The minimum Gasteiger partial charge on any atom is -0.508 e. The highest BCUT2D eigenvalue weighted by Crippen LogP contribution is 2.18. The van der Waals surface area contributed by atoms with Crippen LogP contribution in [0.25, 0.3) is 10.8 Å². The molecule has 108 valence electrons. The molecular formula is C18H14N2O2. The monoisotopic (exact) mass is 290 g/mol. The molecule has 3 aromatic carbocycles. The maximum atomic E-state index is 12.2. The molecule has 0 spiro atoms. The fourth-order valence-corrected chi connectivity index (χ4v) is 2.21. The maximum absolute atomic E-state index is 12.2. The van der Waals surface area contributed by atoms with Crippen LogP contribution in [-0.4, -0.2) is 17.2 Å². The number of fused-ring (bicyclic) bond motifs is 1. The molecule has 0 fully saturated rings. The zero-order valence-corrected chi connectivity index (χ0v) is 11.7. The predicted octanol–water partition coefficient (Wildman–Crippen LogP) is 3.31. The van der Waals surface area contributed by atoms with Crippen LogP contribution in [0.3, 0.4) is 0 Å². The summed E-state index contributed by atoms with van der Waals surface area (Å²) in [7, 11) is 0. The minimum atomic E-state index is -0.258. The molecule has 3 rings (SSSR count). The van der Waals surface area contributed by atoms with Gasteiger partial charge in [-0.1, -0.05) is 36.4 Å². The Morgan fingerprint density at radius 3 is 2.50 bits per heavy atom. The van der Waals surface area contributed by atoms with Gasteiger partial charge in [-0.2, -0.15) is 5.10 Å². The number of nitrogens with zero attached hydrogens (tertiary/aromatic N) is 1. The molecular weight excluding hydrogens is 276 g/mol. The number of carbonyl (C=O) groups is 1. The van der Waals surface area contributed by atoms with Gasteiger partial charge in [0.1, 0.15) is 5.75 Å². The lowest BCUT2D eigenvalue weighted by atomic mass is 10.0. The van der Waals surface area contributed by atoms with E-state index in [1.54, 1.807) is 30.3 Å². The lowest BCUT2D eigenvalue weighted by Gasteiger charge is -2.04. The highest BCUT2D eigenvalue weighted by molar-refractivity contribution is 6.07. The summed E-state index contributed by atoms with van der Waals surface area (Å²) in [6.45, 7) is 0. The second-order valence-electron chi connectivity index (χ2n) is 4.82. The van der Waals surface area contributed by atoms with Gasteiger partial charge in [-0.15, -0.1) is 0 Å². The number of carbonyl (C=O) groups excluding carboxylic acids is 1. The Bertz CT molecular complexity index is 834. The molecule has 0 saturated carbocycles. The van der Waals surface area contributed by atoms with Crippen LogP contribution in [-0.2, 0) is 0 Å². The van der Waals surface area contributed by atoms with Crippen molar-refractivity contribution >= 4 is 22.9 Å². The third kappa shape index (κ3) is 2.96. The second-order valence-corrected chi connectivity index (χ2v) is 4.82. The molecule has 0 atom stereocenters. The maximum Gasteiger partial charge on any atom is 0.271 e. The lowest BCUT2D eigenvalue weighted by molar-refractivity contribution is 0.0957. The molecule has 0 aliphatic carbocycles. The fourth-order valence-electron chi connectivity index (χ4n) is 2.21. The Hall–Kier alpha value is -3.14. The molecule has 0 bridgehead atoms. The number of amides is 1. The summed E-state index contributed by atoms with van der Waals surface area (Å²) in [6.07, 6.45) is 1.53. The van der Waals surface area contributed by atoms with E-state index in [2.05, 4.69) is 10.5 Å². The van der Waals surface area contributed by atoms with E-state index in [9.17, 15) is 9.90 Å². The molecule has 0 aliphatic heterocycles. The van der Waals surface area contributed by atoms with Gasteiger partial charge >= 0.3 is 0 Å². The quantitative estimate of drug-likeness (QED) is 0.574. The summed E-state index contributed by atoms with van der Waals surface area (Å²) in [5.74, 6) is -0.0660. The highest BCUT2D eigenvalue weighted by Gasteiger charge is 2.08. The Labute approximate surface area is 127 Å². The summed E-state index contributed by atoms with van der Waals surface area (Å²) < 4.78 is 0. The van der Waals surface area contributed by atoms with Crippen molar-refractivity contribution in [2.24, 2.45) is 5.10 Å². The van der Waals surface area contributed by atoms with Gasteiger partial charge in [0.25, 0.3) is 5.91 Å². The lowest BCUT2D eigenvalue weighted by Crippen LogP contribution is -2.17. The minimum absolute atomic E-state index is 0.192. The number of hydrazone groups is 1. The van der Waals surface area contributed by atoms with Crippen LogP contribution in [0.5, 0.6) is 5.75 Å². The first-order valence-corrected chi connectivity index (χ1v) is 6.84. The summed E-state index contributed by atoms with van der Waals surface area (Å²) in [5, 5.41) is 15.1. The van der Waals surface area contributed by atoms with Crippen LogP contribution < -0.4 is 5.43 Å². The van der Waals surface area contributed by atoms with E-state index in [4.69, 9.17) is 0 Å². The molecule has 2 N–H and O–H groups in total. The highest BCUT2D eigenvalue weighted by atomic mass is 16.3. The molecule has 0 unspecified atom stereocenters. The standard InChI is InChI=1S/C18H14N2O2/c21-15-10-8-13(9-11-15)12-19-20-18(22)17-7-3-5-14-4-1-2-6-16(14)17/h1-12,21H,(H,20,22)/b19-12+. The molecule has 0 aromatic heterocycles. The smallest absolute Gasteiger partial charge is 0.271 e. The zero-order valence-electron chi connectivity index (χ0n) is 11.7. The molecule has 0 aliphatic rings. The van der Waals surface area contributed by atoms with Gasteiger partial charge in [0.15, 0.2) is 0 Å². The van der Waals surface area contributed by atoms with Gasteiger partial charge in [-0.25, -0.2) is 5.43 Å². The zero-order chi connectivity index (χ0) is 15.4. The summed E-state index contributed by atoms with van der Waals surface area (Å²) in [5.41, 5.74) is 3.89. The molecule has 3 aromatic rings. The Morgan fingerprint density at radius 2 is 1.68 bits per heavy atom. The third-order valence-corrected chi connectivity index (χ3v) is 3.31. The van der Waals surface area contributed by atoms with Crippen molar-refractivity contribution in [3.05, 3.63) is 77.9 Å².